The lowest BCUT2D eigenvalue weighted by Gasteiger charge is -2.11. The zero-order chi connectivity index (χ0) is 16.1. The van der Waals surface area contributed by atoms with Crippen molar-refractivity contribution in [3.05, 3.63) is 65.2 Å². The van der Waals surface area contributed by atoms with Gasteiger partial charge in [0.2, 0.25) is 5.91 Å². The minimum atomic E-state index is -1.17. The van der Waals surface area contributed by atoms with Gasteiger partial charge in [-0.1, -0.05) is 37.3 Å². The number of aromatic carboxylic acids is 1. The Morgan fingerprint density at radius 1 is 0.909 bits per heavy atom. The molecule has 112 valence electrons. The monoisotopic (exact) mass is 297 g/mol. The fraction of sp³-hybridized carbons (Fsp3) is 0.118. The summed E-state index contributed by atoms with van der Waals surface area (Å²) in [6.07, 6.45) is 0.286. The van der Waals surface area contributed by atoms with Crippen LogP contribution in [0.3, 0.4) is 0 Å². The molecule has 0 bridgehead atoms. The van der Waals surface area contributed by atoms with Gasteiger partial charge in [-0.2, -0.15) is 0 Å². The van der Waals surface area contributed by atoms with E-state index in [1.165, 1.54) is 12.1 Å². The third-order valence-electron chi connectivity index (χ3n) is 3.17. The molecule has 0 spiro atoms. The van der Waals surface area contributed by atoms with E-state index in [4.69, 9.17) is 0 Å². The molecule has 2 aromatic rings. The lowest BCUT2D eigenvalue weighted by Crippen LogP contribution is -2.15. The van der Waals surface area contributed by atoms with Crippen LogP contribution in [0.15, 0.2) is 48.5 Å². The van der Waals surface area contributed by atoms with Gasteiger partial charge in [0, 0.05) is 17.5 Å². The Bertz CT molecular complexity index is 737. The van der Waals surface area contributed by atoms with E-state index in [1.54, 1.807) is 43.3 Å². The first-order valence-corrected chi connectivity index (χ1v) is 6.80. The van der Waals surface area contributed by atoms with Crippen molar-refractivity contribution < 1.29 is 19.5 Å². The highest BCUT2D eigenvalue weighted by Crippen LogP contribution is 2.21. The number of anilines is 1. The van der Waals surface area contributed by atoms with Crippen LogP contribution < -0.4 is 5.32 Å². The molecule has 2 N–H and O–H groups in total. The van der Waals surface area contributed by atoms with Crippen molar-refractivity contribution in [2.75, 3.05) is 5.32 Å². The summed E-state index contributed by atoms with van der Waals surface area (Å²) in [5, 5.41) is 11.8. The molecule has 0 saturated heterocycles. The zero-order valence-corrected chi connectivity index (χ0v) is 12.0. The Morgan fingerprint density at radius 2 is 1.45 bits per heavy atom. The molecule has 0 saturated carbocycles. The molecule has 0 aliphatic rings. The predicted octanol–water partition coefficient (Wildman–Crippen LogP) is 2.96. The lowest BCUT2D eigenvalue weighted by atomic mass is 9.97. The standard InChI is InChI=1S/C17H15NO4/c1-2-15(19)18-14-10-6-5-9-13(14)16(20)11-7-3-4-8-12(11)17(21)22/h3-10H,2H2,1H3,(H,18,19)(H,21,22). The Hall–Kier alpha value is -2.95. The maximum atomic E-state index is 12.6. The van der Waals surface area contributed by atoms with Crippen LogP contribution in [0.2, 0.25) is 0 Å². The number of hydrogen-bond acceptors (Lipinski definition) is 3. The Morgan fingerprint density at radius 3 is 2.05 bits per heavy atom. The molecule has 1 amide bonds. The van der Waals surface area contributed by atoms with Crippen molar-refractivity contribution in [2.45, 2.75) is 13.3 Å². The Kier molecular flexibility index (Phi) is 4.68. The largest absolute Gasteiger partial charge is 0.478 e. The van der Waals surface area contributed by atoms with Gasteiger partial charge in [-0.15, -0.1) is 0 Å². The van der Waals surface area contributed by atoms with Gasteiger partial charge in [-0.05, 0) is 18.2 Å². The van der Waals surface area contributed by atoms with E-state index < -0.39 is 11.8 Å². The number of amides is 1. The molecule has 2 rings (SSSR count). The summed E-state index contributed by atoms with van der Waals surface area (Å²) in [5.41, 5.74) is 0.662. The molecule has 0 radical (unpaired) electrons. The molecule has 5 nitrogen and oxygen atoms in total. The van der Waals surface area contributed by atoms with E-state index in [1.807, 2.05) is 0 Å². The van der Waals surface area contributed by atoms with Gasteiger partial charge in [0.15, 0.2) is 5.78 Å². The van der Waals surface area contributed by atoms with Crippen molar-refractivity contribution in [3.8, 4) is 0 Å². The van der Waals surface area contributed by atoms with Crippen LogP contribution in [0.25, 0.3) is 0 Å². The van der Waals surface area contributed by atoms with Gasteiger partial charge in [-0.25, -0.2) is 4.79 Å². The second-order valence-corrected chi connectivity index (χ2v) is 4.63. The van der Waals surface area contributed by atoms with Gasteiger partial charge < -0.3 is 10.4 Å². The maximum absolute atomic E-state index is 12.6. The first-order valence-electron chi connectivity index (χ1n) is 6.80. The number of benzene rings is 2. The first-order chi connectivity index (χ1) is 10.5. The van der Waals surface area contributed by atoms with Gasteiger partial charge in [0.05, 0.1) is 11.3 Å². The van der Waals surface area contributed by atoms with Gasteiger partial charge >= 0.3 is 5.97 Å². The highest BCUT2D eigenvalue weighted by Gasteiger charge is 2.20. The van der Waals surface area contributed by atoms with E-state index in [9.17, 15) is 19.5 Å². The molecule has 0 aliphatic heterocycles. The SMILES string of the molecule is CCC(=O)Nc1ccccc1C(=O)c1ccccc1C(=O)O. The second-order valence-electron chi connectivity index (χ2n) is 4.63. The van der Waals surface area contributed by atoms with Gasteiger partial charge in [0.25, 0.3) is 0 Å². The van der Waals surface area contributed by atoms with Crippen LogP contribution in [-0.2, 0) is 4.79 Å². The summed E-state index contributed by atoms with van der Waals surface area (Å²) in [5.74, 6) is -1.82. The van der Waals surface area contributed by atoms with Crippen molar-refractivity contribution >= 4 is 23.3 Å². The van der Waals surface area contributed by atoms with Crippen LogP contribution in [0, 0.1) is 0 Å². The van der Waals surface area contributed by atoms with E-state index in [-0.39, 0.29) is 29.0 Å². The zero-order valence-electron chi connectivity index (χ0n) is 12.0. The number of nitrogens with one attached hydrogen (secondary N) is 1. The molecule has 0 aromatic heterocycles. The quantitative estimate of drug-likeness (QED) is 0.831. The van der Waals surface area contributed by atoms with E-state index in [0.29, 0.717) is 5.69 Å². The molecular formula is C17H15NO4. The summed E-state index contributed by atoms with van der Waals surface area (Å²) in [6.45, 7) is 1.71. The summed E-state index contributed by atoms with van der Waals surface area (Å²) in [4.78, 5) is 35.4. The van der Waals surface area contributed by atoms with E-state index in [2.05, 4.69) is 5.32 Å². The highest BCUT2D eigenvalue weighted by atomic mass is 16.4. The predicted molar refractivity (Wildman–Crippen MR) is 82.2 cm³/mol. The maximum Gasteiger partial charge on any atom is 0.336 e. The molecule has 2 aromatic carbocycles. The summed E-state index contributed by atoms with van der Waals surface area (Å²) >= 11 is 0. The summed E-state index contributed by atoms with van der Waals surface area (Å²) in [7, 11) is 0. The minimum absolute atomic E-state index is 0.0656. The second kappa shape index (κ2) is 6.67. The third-order valence-corrected chi connectivity index (χ3v) is 3.17. The topological polar surface area (TPSA) is 83.5 Å². The lowest BCUT2D eigenvalue weighted by molar-refractivity contribution is -0.115. The van der Waals surface area contributed by atoms with Gasteiger partial charge in [0.1, 0.15) is 0 Å². The van der Waals surface area contributed by atoms with E-state index >= 15 is 0 Å². The Labute approximate surface area is 127 Å². The molecular weight excluding hydrogens is 282 g/mol. The summed E-state index contributed by atoms with van der Waals surface area (Å²) < 4.78 is 0. The molecule has 0 atom stereocenters. The van der Waals surface area contributed by atoms with Crippen LogP contribution in [-0.4, -0.2) is 22.8 Å². The van der Waals surface area contributed by atoms with Crippen molar-refractivity contribution in [1.29, 1.82) is 0 Å². The van der Waals surface area contributed by atoms with Crippen LogP contribution in [0.4, 0.5) is 5.69 Å². The number of ketones is 1. The minimum Gasteiger partial charge on any atom is -0.478 e. The first kappa shape index (κ1) is 15.4. The fourth-order valence-electron chi connectivity index (χ4n) is 2.04. The number of hydrogen-bond donors (Lipinski definition) is 2. The van der Waals surface area contributed by atoms with Crippen LogP contribution in [0.5, 0.6) is 0 Å². The van der Waals surface area contributed by atoms with Crippen molar-refractivity contribution in [2.24, 2.45) is 0 Å². The van der Waals surface area contributed by atoms with Crippen molar-refractivity contribution in [1.82, 2.24) is 0 Å². The number of carbonyl (C=O) groups excluding carboxylic acids is 2. The average molecular weight is 297 g/mol. The molecule has 0 fully saturated rings. The summed E-state index contributed by atoms with van der Waals surface area (Å²) in [6, 6.07) is 12.5. The smallest absolute Gasteiger partial charge is 0.336 e. The van der Waals surface area contributed by atoms with Crippen LogP contribution in [0.1, 0.15) is 39.6 Å². The Balaban J connectivity index is 2.47. The average Bonchev–Trinajstić information content (AvgIpc) is 2.54. The normalized spacial score (nSPS) is 10.0. The number of carboxylic acids is 1. The number of rotatable bonds is 5. The van der Waals surface area contributed by atoms with Crippen molar-refractivity contribution in [3.63, 3.8) is 0 Å². The molecule has 5 heteroatoms. The highest BCUT2D eigenvalue weighted by molar-refractivity contribution is 6.17. The molecule has 0 heterocycles. The number of carbonyl (C=O) groups is 3. The number of para-hydroxylation sites is 1. The molecule has 0 aliphatic carbocycles. The van der Waals surface area contributed by atoms with Gasteiger partial charge in [-0.3, -0.25) is 9.59 Å². The molecule has 22 heavy (non-hydrogen) atoms. The number of carboxylic acid groups (broad SMARTS) is 1. The van der Waals surface area contributed by atoms with E-state index in [0.717, 1.165) is 0 Å². The fourth-order valence-corrected chi connectivity index (χ4v) is 2.04. The third kappa shape index (κ3) is 3.20. The van der Waals surface area contributed by atoms with Crippen LogP contribution >= 0.6 is 0 Å². The molecule has 0 unspecified atom stereocenters.